The van der Waals surface area contributed by atoms with E-state index >= 15 is 0 Å². The van der Waals surface area contributed by atoms with Crippen LogP contribution >= 0.6 is 22.9 Å². The van der Waals surface area contributed by atoms with Gasteiger partial charge < -0.3 is 5.32 Å². The van der Waals surface area contributed by atoms with Crippen LogP contribution in [0, 0.1) is 0 Å². The first-order chi connectivity index (χ1) is 9.19. The van der Waals surface area contributed by atoms with E-state index < -0.39 is 0 Å². The standard InChI is InChI=1S/C13H14ClN3OS/c1-2-3-10-4-9(5-12(14)17-10)13(18)15-6-11-7-19-8-16-11/h4-5,7-8H,2-3,6H2,1H3,(H,15,18). The lowest BCUT2D eigenvalue weighted by Crippen LogP contribution is -2.23. The lowest BCUT2D eigenvalue weighted by Gasteiger charge is -2.06. The predicted octanol–water partition coefficient (Wildman–Crippen LogP) is 3.07. The van der Waals surface area contributed by atoms with Crippen LogP contribution in [0.15, 0.2) is 23.0 Å². The van der Waals surface area contributed by atoms with Gasteiger partial charge in [-0.15, -0.1) is 11.3 Å². The highest BCUT2D eigenvalue weighted by Gasteiger charge is 2.09. The Kier molecular flexibility index (Phi) is 4.87. The summed E-state index contributed by atoms with van der Waals surface area (Å²) in [5.74, 6) is -0.158. The molecule has 2 aromatic rings. The van der Waals surface area contributed by atoms with Crippen molar-refractivity contribution in [1.82, 2.24) is 15.3 Å². The van der Waals surface area contributed by atoms with E-state index in [9.17, 15) is 4.79 Å². The van der Waals surface area contributed by atoms with Crippen LogP contribution < -0.4 is 5.32 Å². The third kappa shape index (κ3) is 4.01. The molecule has 0 unspecified atom stereocenters. The maximum Gasteiger partial charge on any atom is 0.251 e. The number of aryl methyl sites for hydroxylation is 1. The molecule has 0 bridgehead atoms. The molecule has 2 rings (SSSR count). The van der Waals surface area contributed by atoms with Gasteiger partial charge in [-0.05, 0) is 18.6 Å². The highest BCUT2D eigenvalue weighted by atomic mass is 35.5. The minimum absolute atomic E-state index is 0.158. The first kappa shape index (κ1) is 14.0. The monoisotopic (exact) mass is 295 g/mol. The third-order valence-electron chi connectivity index (χ3n) is 2.53. The number of hydrogen-bond donors (Lipinski definition) is 1. The average Bonchev–Trinajstić information content (AvgIpc) is 2.88. The molecule has 19 heavy (non-hydrogen) atoms. The van der Waals surface area contributed by atoms with Gasteiger partial charge in [-0.25, -0.2) is 9.97 Å². The molecule has 0 aromatic carbocycles. The van der Waals surface area contributed by atoms with Gasteiger partial charge in [0.15, 0.2) is 0 Å². The van der Waals surface area contributed by atoms with Crippen molar-refractivity contribution >= 4 is 28.8 Å². The van der Waals surface area contributed by atoms with Gasteiger partial charge in [0.2, 0.25) is 0 Å². The van der Waals surface area contributed by atoms with Crippen molar-refractivity contribution < 1.29 is 4.79 Å². The first-order valence-electron chi connectivity index (χ1n) is 6.00. The first-order valence-corrected chi connectivity index (χ1v) is 7.33. The van der Waals surface area contributed by atoms with E-state index in [0.29, 0.717) is 17.3 Å². The van der Waals surface area contributed by atoms with Crippen molar-refractivity contribution in [3.63, 3.8) is 0 Å². The Morgan fingerprint density at radius 3 is 2.95 bits per heavy atom. The number of amides is 1. The molecule has 0 aliphatic carbocycles. The Hall–Kier alpha value is -1.46. The number of carbonyl (C=O) groups excluding carboxylic acids is 1. The molecule has 1 amide bonds. The van der Waals surface area contributed by atoms with Gasteiger partial charge in [-0.3, -0.25) is 4.79 Å². The number of thiazole rings is 1. The second-order valence-electron chi connectivity index (χ2n) is 4.08. The van der Waals surface area contributed by atoms with Crippen LogP contribution in [0.3, 0.4) is 0 Å². The molecule has 4 nitrogen and oxygen atoms in total. The van der Waals surface area contributed by atoms with Gasteiger partial charge >= 0.3 is 0 Å². The van der Waals surface area contributed by atoms with E-state index in [1.807, 2.05) is 5.38 Å². The molecule has 0 saturated heterocycles. The highest BCUT2D eigenvalue weighted by molar-refractivity contribution is 7.07. The summed E-state index contributed by atoms with van der Waals surface area (Å²) in [7, 11) is 0. The fourth-order valence-corrected chi connectivity index (χ4v) is 2.45. The average molecular weight is 296 g/mol. The molecule has 2 aromatic heterocycles. The van der Waals surface area contributed by atoms with Crippen LogP contribution in [0.2, 0.25) is 5.15 Å². The normalized spacial score (nSPS) is 10.4. The summed E-state index contributed by atoms with van der Waals surface area (Å²) in [5, 5.41) is 5.07. The zero-order valence-corrected chi connectivity index (χ0v) is 12.1. The van der Waals surface area contributed by atoms with Crippen LogP contribution in [-0.4, -0.2) is 15.9 Å². The molecule has 0 saturated carbocycles. The summed E-state index contributed by atoms with van der Waals surface area (Å²) >= 11 is 7.43. The lowest BCUT2D eigenvalue weighted by atomic mass is 10.1. The minimum atomic E-state index is -0.158. The molecule has 0 aliphatic rings. The van der Waals surface area contributed by atoms with Gasteiger partial charge in [-0.2, -0.15) is 0 Å². The molecule has 1 N–H and O–H groups in total. The van der Waals surface area contributed by atoms with E-state index in [0.717, 1.165) is 24.2 Å². The van der Waals surface area contributed by atoms with E-state index in [4.69, 9.17) is 11.6 Å². The number of rotatable bonds is 5. The van der Waals surface area contributed by atoms with E-state index in [1.54, 1.807) is 17.6 Å². The fourth-order valence-electron chi connectivity index (χ4n) is 1.66. The quantitative estimate of drug-likeness (QED) is 0.863. The Morgan fingerprint density at radius 1 is 1.42 bits per heavy atom. The molecule has 100 valence electrons. The summed E-state index contributed by atoms with van der Waals surface area (Å²) in [5.41, 5.74) is 3.98. The number of halogens is 1. The Morgan fingerprint density at radius 2 is 2.26 bits per heavy atom. The van der Waals surface area contributed by atoms with Gasteiger partial charge in [0.1, 0.15) is 5.15 Å². The Balaban J connectivity index is 2.05. The predicted molar refractivity (Wildman–Crippen MR) is 76.5 cm³/mol. The summed E-state index contributed by atoms with van der Waals surface area (Å²) in [6.07, 6.45) is 1.78. The number of hydrogen-bond acceptors (Lipinski definition) is 4. The van der Waals surface area contributed by atoms with Crippen molar-refractivity contribution in [3.05, 3.63) is 45.1 Å². The molecular weight excluding hydrogens is 282 g/mol. The van der Waals surface area contributed by atoms with E-state index in [-0.39, 0.29) is 5.91 Å². The van der Waals surface area contributed by atoms with Crippen LogP contribution in [0.5, 0.6) is 0 Å². The second kappa shape index (κ2) is 6.63. The second-order valence-corrected chi connectivity index (χ2v) is 5.19. The van der Waals surface area contributed by atoms with E-state index in [2.05, 4.69) is 22.2 Å². The van der Waals surface area contributed by atoms with Crippen LogP contribution in [-0.2, 0) is 13.0 Å². The van der Waals surface area contributed by atoms with Gasteiger partial charge in [0.05, 0.1) is 17.7 Å². The van der Waals surface area contributed by atoms with Crippen molar-refractivity contribution in [2.45, 2.75) is 26.3 Å². The van der Waals surface area contributed by atoms with Crippen molar-refractivity contribution in [1.29, 1.82) is 0 Å². The zero-order valence-electron chi connectivity index (χ0n) is 10.5. The fraction of sp³-hybridized carbons (Fsp3) is 0.308. The number of carbonyl (C=O) groups is 1. The summed E-state index contributed by atoms with van der Waals surface area (Å²) in [4.78, 5) is 20.3. The van der Waals surface area contributed by atoms with Gasteiger partial charge in [-0.1, -0.05) is 24.9 Å². The largest absolute Gasteiger partial charge is 0.346 e. The highest BCUT2D eigenvalue weighted by Crippen LogP contribution is 2.12. The van der Waals surface area contributed by atoms with E-state index in [1.165, 1.54) is 11.3 Å². The molecule has 0 atom stereocenters. The van der Waals surface area contributed by atoms with Crippen LogP contribution in [0.25, 0.3) is 0 Å². The van der Waals surface area contributed by atoms with Crippen molar-refractivity contribution in [3.8, 4) is 0 Å². The van der Waals surface area contributed by atoms with Crippen LogP contribution in [0.1, 0.15) is 35.1 Å². The summed E-state index contributed by atoms with van der Waals surface area (Å²) in [6, 6.07) is 3.36. The molecular formula is C13H14ClN3OS. The smallest absolute Gasteiger partial charge is 0.251 e. The summed E-state index contributed by atoms with van der Waals surface area (Å²) < 4.78 is 0. The number of nitrogens with one attached hydrogen (secondary N) is 1. The molecule has 0 fully saturated rings. The van der Waals surface area contributed by atoms with Crippen molar-refractivity contribution in [2.75, 3.05) is 0 Å². The number of aromatic nitrogens is 2. The topological polar surface area (TPSA) is 54.9 Å². The van der Waals surface area contributed by atoms with Gasteiger partial charge in [0.25, 0.3) is 5.91 Å². The Bertz CT molecular complexity index is 557. The third-order valence-corrected chi connectivity index (χ3v) is 3.36. The Labute approximate surface area is 120 Å². The molecule has 2 heterocycles. The summed E-state index contributed by atoms with van der Waals surface area (Å²) in [6.45, 7) is 2.48. The molecule has 0 radical (unpaired) electrons. The SMILES string of the molecule is CCCc1cc(C(=O)NCc2cscn2)cc(Cl)n1. The van der Waals surface area contributed by atoms with Gasteiger partial charge in [0, 0.05) is 16.6 Å². The number of nitrogens with zero attached hydrogens (tertiary/aromatic N) is 2. The maximum absolute atomic E-state index is 12.0. The minimum Gasteiger partial charge on any atom is -0.346 e. The van der Waals surface area contributed by atoms with Crippen molar-refractivity contribution in [2.24, 2.45) is 0 Å². The molecule has 6 heteroatoms. The lowest BCUT2D eigenvalue weighted by molar-refractivity contribution is 0.0950. The molecule has 0 aliphatic heterocycles. The maximum atomic E-state index is 12.0. The van der Waals surface area contributed by atoms with Crippen LogP contribution in [0.4, 0.5) is 0 Å². The molecule has 0 spiro atoms. The number of pyridine rings is 1. The zero-order chi connectivity index (χ0) is 13.7.